The van der Waals surface area contributed by atoms with Crippen molar-refractivity contribution in [1.29, 1.82) is 0 Å². The van der Waals surface area contributed by atoms with E-state index in [1.165, 1.54) is 0 Å². The van der Waals surface area contributed by atoms with E-state index in [0.717, 1.165) is 16.7 Å². The van der Waals surface area contributed by atoms with Crippen molar-refractivity contribution in [3.05, 3.63) is 71.3 Å². The molecule has 0 aliphatic carbocycles. The Morgan fingerprint density at radius 2 is 1.48 bits per heavy atom. The molecule has 0 fully saturated rings. The van der Waals surface area contributed by atoms with E-state index >= 15 is 0 Å². The van der Waals surface area contributed by atoms with Gasteiger partial charge in [-0.2, -0.15) is 0 Å². The van der Waals surface area contributed by atoms with Crippen molar-refractivity contribution < 1.29 is 14.3 Å². The number of amides is 2. The van der Waals surface area contributed by atoms with Crippen LogP contribution in [0.3, 0.4) is 0 Å². The predicted octanol–water partition coefficient (Wildman–Crippen LogP) is 3.18. The highest BCUT2D eigenvalue weighted by atomic mass is 16.5. The highest BCUT2D eigenvalue weighted by Crippen LogP contribution is 2.13. The molecule has 5 heteroatoms. The molecule has 2 aromatic carbocycles. The molecular weight excluding hydrogens is 340 g/mol. The lowest BCUT2D eigenvalue weighted by Crippen LogP contribution is -2.41. The fourth-order valence-electron chi connectivity index (χ4n) is 2.41. The number of carbonyl (C=O) groups is 2. The summed E-state index contributed by atoms with van der Waals surface area (Å²) in [6, 6.07) is 17.9. The van der Waals surface area contributed by atoms with Crippen molar-refractivity contribution in [3.8, 4) is 0 Å². The van der Waals surface area contributed by atoms with Crippen LogP contribution in [0.25, 0.3) is 0 Å². The Morgan fingerprint density at radius 3 is 2.15 bits per heavy atom. The third-order valence-corrected chi connectivity index (χ3v) is 4.05. The first kappa shape index (κ1) is 20.6. The van der Waals surface area contributed by atoms with Gasteiger partial charge in [0.05, 0.1) is 19.8 Å². The van der Waals surface area contributed by atoms with Gasteiger partial charge < -0.3 is 15.4 Å². The lowest BCUT2D eigenvalue weighted by atomic mass is 9.96. The minimum Gasteiger partial charge on any atom is -0.372 e. The molecule has 144 valence electrons. The second kappa shape index (κ2) is 9.88. The molecule has 0 aliphatic rings. The Kier molecular flexibility index (Phi) is 7.55. The zero-order chi connectivity index (χ0) is 19.7. The van der Waals surface area contributed by atoms with Gasteiger partial charge in [-0.15, -0.1) is 0 Å². The van der Waals surface area contributed by atoms with Gasteiger partial charge in [-0.05, 0) is 16.7 Å². The van der Waals surface area contributed by atoms with Crippen molar-refractivity contribution in [2.45, 2.75) is 40.5 Å². The van der Waals surface area contributed by atoms with Gasteiger partial charge >= 0.3 is 0 Å². The van der Waals surface area contributed by atoms with Gasteiger partial charge in [0.2, 0.25) is 11.8 Å². The van der Waals surface area contributed by atoms with E-state index in [1.807, 2.05) is 75.4 Å². The lowest BCUT2D eigenvalue weighted by Gasteiger charge is -2.17. The number of hydrogen-bond acceptors (Lipinski definition) is 3. The van der Waals surface area contributed by atoms with Gasteiger partial charge in [-0.25, -0.2) is 0 Å². The Hall–Kier alpha value is -2.66. The molecule has 2 aromatic rings. The number of hydrogen-bond donors (Lipinski definition) is 2. The van der Waals surface area contributed by atoms with Crippen LogP contribution >= 0.6 is 0 Å². The van der Waals surface area contributed by atoms with Crippen LogP contribution in [0.5, 0.6) is 0 Å². The average Bonchev–Trinajstić information content (AvgIpc) is 2.65. The van der Waals surface area contributed by atoms with E-state index in [4.69, 9.17) is 4.74 Å². The summed E-state index contributed by atoms with van der Waals surface area (Å²) in [5, 5.41) is 5.50. The molecule has 0 unspecified atom stereocenters. The topological polar surface area (TPSA) is 67.4 Å². The molecule has 0 saturated heterocycles. The molecule has 5 nitrogen and oxygen atoms in total. The molecular formula is C22H28N2O3. The van der Waals surface area contributed by atoms with Crippen LogP contribution in [0.1, 0.15) is 37.5 Å². The average molecular weight is 368 g/mol. The number of carbonyl (C=O) groups excluding carboxylic acids is 2. The Bertz CT molecular complexity index is 752. The first-order valence-corrected chi connectivity index (χ1v) is 9.09. The van der Waals surface area contributed by atoms with E-state index in [9.17, 15) is 9.59 Å². The first-order valence-electron chi connectivity index (χ1n) is 9.09. The molecule has 2 amide bonds. The molecule has 0 radical (unpaired) electrons. The second-order valence-electron chi connectivity index (χ2n) is 7.46. The fourth-order valence-corrected chi connectivity index (χ4v) is 2.41. The summed E-state index contributed by atoms with van der Waals surface area (Å²) in [6.07, 6.45) is 0. The second-order valence-corrected chi connectivity index (χ2v) is 7.46. The SMILES string of the molecule is CC(C)(C)C(=O)NCC(=O)NCc1ccccc1COCc1ccccc1. The largest absolute Gasteiger partial charge is 0.372 e. The maximum Gasteiger partial charge on any atom is 0.239 e. The van der Waals surface area contributed by atoms with Crippen LogP contribution in [0.4, 0.5) is 0 Å². The van der Waals surface area contributed by atoms with Crippen LogP contribution < -0.4 is 10.6 Å². The highest BCUT2D eigenvalue weighted by molar-refractivity contribution is 5.87. The van der Waals surface area contributed by atoms with Crippen molar-refractivity contribution in [3.63, 3.8) is 0 Å². The van der Waals surface area contributed by atoms with E-state index < -0.39 is 5.41 Å². The summed E-state index contributed by atoms with van der Waals surface area (Å²) in [7, 11) is 0. The maximum atomic E-state index is 12.0. The van der Waals surface area contributed by atoms with E-state index in [0.29, 0.717) is 19.8 Å². The molecule has 2 rings (SSSR count). The standard InChI is InChI=1S/C22H28N2O3/c1-22(2,3)21(26)24-14-20(25)23-13-18-11-7-8-12-19(18)16-27-15-17-9-5-4-6-10-17/h4-12H,13-16H2,1-3H3,(H,23,25)(H,24,26). The minimum absolute atomic E-state index is 0.0250. The monoisotopic (exact) mass is 368 g/mol. The summed E-state index contributed by atoms with van der Waals surface area (Å²) in [5.41, 5.74) is 2.65. The van der Waals surface area contributed by atoms with Crippen molar-refractivity contribution >= 4 is 11.8 Å². The predicted molar refractivity (Wildman–Crippen MR) is 106 cm³/mol. The fraction of sp³-hybridized carbons (Fsp3) is 0.364. The van der Waals surface area contributed by atoms with Gasteiger partial charge in [0, 0.05) is 12.0 Å². The third-order valence-electron chi connectivity index (χ3n) is 4.05. The Morgan fingerprint density at radius 1 is 0.852 bits per heavy atom. The molecule has 27 heavy (non-hydrogen) atoms. The minimum atomic E-state index is -0.511. The zero-order valence-corrected chi connectivity index (χ0v) is 16.2. The van der Waals surface area contributed by atoms with Crippen LogP contribution in [0.2, 0.25) is 0 Å². The molecule has 0 atom stereocenters. The van der Waals surface area contributed by atoms with Gasteiger partial charge in [0.1, 0.15) is 0 Å². The van der Waals surface area contributed by atoms with Crippen LogP contribution in [-0.2, 0) is 34.1 Å². The van der Waals surface area contributed by atoms with Gasteiger partial charge in [-0.3, -0.25) is 9.59 Å². The molecule has 0 bridgehead atoms. The molecule has 0 aliphatic heterocycles. The number of nitrogens with one attached hydrogen (secondary N) is 2. The third kappa shape index (κ3) is 7.23. The number of rotatable bonds is 8. The number of ether oxygens (including phenoxy) is 1. The Balaban J connectivity index is 1.81. The zero-order valence-electron chi connectivity index (χ0n) is 16.2. The van der Waals surface area contributed by atoms with E-state index in [1.54, 1.807) is 0 Å². The molecule has 0 heterocycles. The molecule has 0 aromatic heterocycles. The normalized spacial score (nSPS) is 11.1. The lowest BCUT2D eigenvalue weighted by molar-refractivity contribution is -0.131. The van der Waals surface area contributed by atoms with Crippen molar-refractivity contribution in [1.82, 2.24) is 10.6 Å². The summed E-state index contributed by atoms with van der Waals surface area (Å²) >= 11 is 0. The van der Waals surface area contributed by atoms with Gasteiger partial charge in [0.25, 0.3) is 0 Å². The summed E-state index contributed by atoms with van der Waals surface area (Å²) in [6.45, 7) is 6.82. The van der Waals surface area contributed by atoms with Crippen LogP contribution in [0.15, 0.2) is 54.6 Å². The molecule has 2 N–H and O–H groups in total. The quantitative estimate of drug-likeness (QED) is 0.752. The van der Waals surface area contributed by atoms with E-state index in [-0.39, 0.29) is 18.4 Å². The smallest absolute Gasteiger partial charge is 0.239 e. The van der Waals surface area contributed by atoms with Crippen molar-refractivity contribution in [2.24, 2.45) is 5.41 Å². The van der Waals surface area contributed by atoms with Gasteiger partial charge in [-0.1, -0.05) is 75.4 Å². The van der Waals surface area contributed by atoms with Crippen LogP contribution in [-0.4, -0.2) is 18.4 Å². The Labute approximate surface area is 161 Å². The molecule has 0 spiro atoms. The van der Waals surface area contributed by atoms with Crippen molar-refractivity contribution in [2.75, 3.05) is 6.54 Å². The number of benzene rings is 2. The molecule has 0 saturated carbocycles. The summed E-state index contributed by atoms with van der Waals surface area (Å²) in [4.78, 5) is 23.8. The highest BCUT2D eigenvalue weighted by Gasteiger charge is 2.21. The summed E-state index contributed by atoms with van der Waals surface area (Å²) < 4.78 is 5.80. The maximum absolute atomic E-state index is 12.0. The summed E-state index contributed by atoms with van der Waals surface area (Å²) in [5.74, 6) is -0.361. The van der Waals surface area contributed by atoms with Gasteiger partial charge in [0.15, 0.2) is 0 Å². The first-order chi connectivity index (χ1) is 12.9. The van der Waals surface area contributed by atoms with Crippen LogP contribution in [0, 0.1) is 5.41 Å². The van der Waals surface area contributed by atoms with E-state index in [2.05, 4.69) is 10.6 Å².